The molecule has 0 atom stereocenters. The van der Waals surface area contributed by atoms with Crippen molar-refractivity contribution in [3.05, 3.63) is 0 Å². The van der Waals surface area contributed by atoms with Crippen molar-refractivity contribution in [2.24, 2.45) is 11.1 Å². The van der Waals surface area contributed by atoms with Crippen LogP contribution in [0.25, 0.3) is 0 Å². The lowest BCUT2D eigenvalue weighted by Gasteiger charge is -2.39. The Bertz CT molecular complexity index is 447. The highest BCUT2D eigenvalue weighted by atomic mass is 32.2. The van der Waals surface area contributed by atoms with Gasteiger partial charge in [0.05, 0.1) is 5.84 Å². The molecular weight excluding hydrogens is 276 g/mol. The van der Waals surface area contributed by atoms with Gasteiger partial charge >= 0.3 is 0 Å². The largest absolute Gasteiger partial charge is 0.387 e. The highest BCUT2D eigenvalue weighted by molar-refractivity contribution is 7.86. The van der Waals surface area contributed by atoms with Crippen molar-refractivity contribution in [3.63, 3.8) is 0 Å². The molecule has 0 spiro atoms. The molecule has 3 N–H and O–H groups in total. The third kappa shape index (κ3) is 3.15. The van der Waals surface area contributed by atoms with E-state index in [1.165, 1.54) is 0 Å². The molecule has 2 fully saturated rings. The van der Waals surface area contributed by atoms with Gasteiger partial charge in [-0.25, -0.2) is 0 Å². The van der Waals surface area contributed by atoms with E-state index in [9.17, 15) is 8.42 Å². The summed E-state index contributed by atoms with van der Waals surface area (Å²) in [5.41, 5.74) is 5.28. The summed E-state index contributed by atoms with van der Waals surface area (Å²) in [5.74, 6) is 0.171. The van der Waals surface area contributed by atoms with E-state index < -0.39 is 10.2 Å². The first-order valence-electron chi connectivity index (χ1n) is 7.46. The average Bonchev–Trinajstić information content (AvgIpc) is 2.68. The van der Waals surface area contributed by atoms with Gasteiger partial charge in [0.25, 0.3) is 10.2 Å². The molecule has 0 bridgehead atoms. The molecule has 116 valence electrons. The lowest BCUT2D eigenvalue weighted by molar-refractivity contribution is 0.226. The highest BCUT2D eigenvalue weighted by Crippen LogP contribution is 2.32. The molecule has 0 amide bonds. The zero-order chi connectivity index (χ0) is 14.8. The van der Waals surface area contributed by atoms with Gasteiger partial charge in [-0.3, -0.25) is 5.41 Å². The quantitative estimate of drug-likeness (QED) is 0.605. The molecular formula is C13H26N4O2S. The van der Waals surface area contributed by atoms with Gasteiger partial charge in [-0.15, -0.1) is 0 Å². The number of hydrogen-bond donors (Lipinski definition) is 2. The monoisotopic (exact) mass is 302 g/mol. The second kappa shape index (κ2) is 5.99. The summed E-state index contributed by atoms with van der Waals surface area (Å²) < 4.78 is 28.5. The number of piperidine rings is 1. The third-order valence-electron chi connectivity index (χ3n) is 4.69. The summed E-state index contributed by atoms with van der Waals surface area (Å²) in [6, 6.07) is 0. The van der Waals surface area contributed by atoms with Crippen LogP contribution in [0.2, 0.25) is 0 Å². The van der Waals surface area contributed by atoms with Crippen molar-refractivity contribution >= 4 is 16.0 Å². The molecule has 0 aromatic heterocycles. The number of hydrogen-bond acceptors (Lipinski definition) is 3. The van der Waals surface area contributed by atoms with Gasteiger partial charge < -0.3 is 5.73 Å². The van der Waals surface area contributed by atoms with Crippen LogP contribution in [-0.2, 0) is 10.2 Å². The van der Waals surface area contributed by atoms with Gasteiger partial charge in [-0.1, -0.05) is 19.8 Å². The molecule has 0 aliphatic carbocycles. The first kappa shape index (κ1) is 15.7. The molecule has 0 aromatic rings. The van der Waals surface area contributed by atoms with Crippen LogP contribution in [0.5, 0.6) is 0 Å². The maximum atomic E-state index is 12.6. The summed E-state index contributed by atoms with van der Waals surface area (Å²) in [5, 5.41) is 7.63. The van der Waals surface area contributed by atoms with E-state index in [2.05, 4.69) is 0 Å². The van der Waals surface area contributed by atoms with Crippen molar-refractivity contribution < 1.29 is 8.42 Å². The van der Waals surface area contributed by atoms with E-state index in [0.717, 1.165) is 25.7 Å². The van der Waals surface area contributed by atoms with Crippen LogP contribution >= 0.6 is 0 Å². The van der Waals surface area contributed by atoms with Gasteiger partial charge in [0, 0.05) is 31.6 Å². The van der Waals surface area contributed by atoms with E-state index in [0.29, 0.717) is 39.0 Å². The first-order chi connectivity index (χ1) is 9.36. The number of amidine groups is 1. The van der Waals surface area contributed by atoms with E-state index >= 15 is 0 Å². The third-order valence-corrected chi connectivity index (χ3v) is 6.73. The molecule has 7 heteroatoms. The Kier molecular flexibility index (Phi) is 4.71. The molecule has 2 aliphatic rings. The topological polar surface area (TPSA) is 90.5 Å². The predicted octanol–water partition coefficient (Wildman–Crippen LogP) is 1.15. The summed E-state index contributed by atoms with van der Waals surface area (Å²) in [6.07, 6.45) is 5.42. The SMILES string of the molecule is CC1(C(=N)N)CCN(S(=O)(=O)N2CCCCCC2)CC1. The fraction of sp³-hybridized carbons (Fsp3) is 0.923. The Hall–Kier alpha value is -0.660. The fourth-order valence-electron chi connectivity index (χ4n) is 2.92. The van der Waals surface area contributed by atoms with Gasteiger partial charge in [0.1, 0.15) is 0 Å². The van der Waals surface area contributed by atoms with Gasteiger partial charge in [-0.2, -0.15) is 17.0 Å². The number of rotatable bonds is 3. The van der Waals surface area contributed by atoms with Crippen LogP contribution in [0.15, 0.2) is 0 Å². The molecule has 2 saturated heterocycles. The molecule has 0 radical (unpaired) electrons. The molecule has 2 rings (SSSR count). The standard InChI is InChI=1S/C13H26N4O2S/c1-13(12(14)15)6-10-17(11-7-13)20(18,19)16-8-4-2-3-5-9-16/h2-11H2,1H3,(H3,14,15). The Labute approximate surface area is 122 Å². The molecule has 6 nitrogen and oxygen atoms in total. The zero-order valence-corrected chi connectivity index (χ0v) is 13.1. The lowest BCUT2D eigenvalue weighted by Crippen LogP contribution is -2.51. The number of nitrogens with one attached hydrogen (secondary N) is 1. The molecule has 20 heavy (non-hydrogen) atoms. The van der Waals surface area contributed by atoms with Crippen LogP contribution in [0.3, 0.4) is 0 Å². The second-order valence-corrected chi connectivity index (χ2v) is 8.12. The van der Waals surface area contributed by atoms with Crippen molar-refractivity contribution in [2.75, 3.05) is 26.2 Å². The fourth-order valence-corrected chi connectivity index (χ4v) is 4.61. The predicted molar refractivity (Wildman–Crippen MR) is 79.8 cm³/mol. The Morgan fingerprint density at radius 1 is 1.00 bits per heavy atom. The van der Waals surface area contributed by atoms with Gasteiger partial charge in [0.2, 0.25) is 0 Å². The minimum atomic E-state index is -3.33. The molecule has 0 aromatic carbocycles. The maximum Gasteiger partial charge on any atom is 0.281 e. The van der Waals surface area contributed by atoms with Crippen LogP contribution in [0, 0.1) is 10.8 Å². The van der Waals surface area contributed by atoms with Crippen LogP contribution in [0.4, 0.5) is 0 Å². The summed E-state index contributed by atoms with van der Waals surface area (Å²) in [7, 11) is -3.33. The smallest absolute Gasteiger partial charge is 0.281 e. The zero-order valence-electron chi connectivity index (χ0n) is 12.3. The molecule has 0 saturated carbocycles. The van der Waals surface area contributed by atoms with Crippen LogP contribution < -0.4 is 5.73 Å². The minimum absolute atomic E-state index is 0.171. The van der Waals surface area contributed by atoms with Crippen LogP contribution in [0.1, 0.15) is 45.4 Å². The Morgan fingerprint density at radius 2 is 1.45 bits per heavy atom. The Balaban J connectivity index is 2.03. The first-order valence-corrected chi connectivity index (χ1v) is 8.86. The molecule has 0 unspecified atom stereocenters. The molecule has 2 aliphatic heterocycles. The van der Waals surface area contributed by atoms with Crippen molar-refractivity contribution in [1.29, 1.82) is 5.41 Å². The summed E-state index contributed by atoms with van der Waals surface area (Å²) >= 11 is 0. The maximum absolute atomic E-state index is 12.6. The van der Waals surface area contributed by atoms with E-state index in [-0.39, 0.29) is 11.3 Å². The minimum Gasteiger partial charge on any atom is -0.387 e. The molecule has 2 heterocycles. The van der Waals surface area contributed by atoms with Crippen LogP contribution in [-0.4, -0.2) is 49.0 Å². The number of nitrogens with zero attached hydrogens (tertiary/aromatic N) is 2. The van der Waals surface area contributed by atoms with Crippen molar-refractivity contribution in [3.8, 4) is 0 Å². The van der Waals surface area contributed by atoms with E-state index in [1.54, 1.807) is 8.61 Å². The van der Waals surface area contributed by atoms with Crippen molar-refractivity contribution in [2.45, 2.75) is 45.4 Å². The summed E-state index contributed by atoms with van der Waals surface area (Å²) in [6.45, 7) is 4.17. The normalized spacial score (nSPS) is 26.1. The summed E-state index contributed by atoms with van der Waals surface area (Å²) in [4.78, 5) is 0. The van der Waals surface area contributed by atoms with Crippen molar-refractivity contribution in [1.82, 2.24) is 8.61 Å². The van der Waals surface area contributed by atoms with Gasteiger partial charge in [-0.05, 0) is 25.7 Å². The number of nitrogens with two attached hydrogens (primary N) is 1. The van der Waals surface area contributed by atoms with E-state index in [4.69, 9.17) is 11.1 Å². The Morgan fingerprint density at radius 3 is 1.90 bits per heavy atom. The second-order valence-electron chi connectivity index (χ2n) is 6.19. The van der Waals surface area contributed by atoms with Gasteiger partial charge in [0.15, 0.2) is 0 Å². The van der Waals surface area contributed by atoms with E-state index in [1.807, 2.05) is 6.92 Å². The lowest BCUT2D eigenvalue weighted by atomic mass is 9.80. The average molecular weight is 302 g/mol. The highest BCUT2D eigenvalue weighted by Gasteiger charge is 2.38.